The first-order valence-electron chi connectivity index (χ1n) is 8.87. The van der Waals surface area contributed by atoms with E-state index in [0.29, 0.717) is 12.5 Å². The number of nitrogens with zero attached hydrogens (tertiary/aromatic N) is 2. The van der Waals surface area contributed by atoms with Crippen LogP contribution in [0.25, 0.3) is 0 Å². The topological polar surface area (TPSA) is 32.8 Å². The summed E-state index contributed by atoms with van der Waals surface area (Å²) >= 11 is 0. The summed E-state index contributed by atoms with van der Waals surface area (Å²) in [4.78, 5) is 17.4. The predicted molar refractivity (Wildman–Crippen MR) is 91.5 cm³/mol. The molecule has 2 saturated heterocycles. The maximum absolute atomic E-state index is 12.8. The number of carbonyl (C=O) groups excluding carboxylic acids is 1. The van der Waals surface area contributed by atoms with E-state index >= 15 is 0 Å². The van der Waals surface area contributed by atoms with Gasteiger partial charge in [-0.15, -0.1) is 0 Å². The van der Waals surface area contributed by atoms with Crippen LogP contribution in [0.15, 0.2) is 24.3 Å². The minimum atomic E-state index is 0.286. The first-order chi connectivity index (χ1) is 11.2. The summed E-state index contributed by atoms with van der Waals surface area (Å²) in [5, 5.41) is 0. The van der Waals surface area contributed by atoms with Gasteiger partial charge >= 0.3 is 0 Å². The summed E-state index contributed by atoms with van der Waals surface area (Å²) in [7, 11) is 0. The largest absolute Gasteiger partial charge is 0.379 e. The number of carbonyl (C=O) groups is 1. The van der Waals surface area contributed by atoms with Crippen molar-refractivity contribution < 1.29 is 9.53 Å². The van der Waals surface area contributed by atoms with Crippen molar-refractivity contribution in [2.75, 3.05) is 39.4 Å². The Labute approximate surface area is 139 Å². The molecular formula is C19H28N2O2. The van der Waals surface area contributed by atoms with Crippen molar-refractivity contribution in [2.45, 2.75) is 38.6 Å². The number of likely N-dealkylation sites (tertiary alicyclic amines) is 1. The average molecular weight is 316 g/mol. The molecule has 0 unspecified atom stereocenters. The van der Waals surface area contributed by atoms with Gasteiger partial charge in [0.25, 0.3) is 0 Å². The molecule has 23 heavy (non-hydrogen) atoms. The Morgan fingerprint density at radius 3 is 2.83 bits per heavy atom. The van der Waals surface area contributed by atoms with Crippen LogP contribution in [-0.2, 0) is 16.0 Å². The molecule has 0 N–H and O–H groups in total. The quantitative estimate of drug-likeness (QED) is 0.854. The monoisotopic (exact) mass is 316 g/mol. The van der Waals surface area contributed by atoms with Crippen LogP contribution in [0.5, 0.6) is 0 Å². The Bertz CT molecular complexity index is 526. The van der Waals surface area contributed by atoms with Gasteiger partial charge in [0.1, 0.15) is 0 Å². The van der Waals surface area contributed by atoms with Gasteiger partial charge in [0.05, 0.1) is 19.6 Å². The molecule has 1 aromatic rings. The SMILES string of the molecule is Cc1cccc(CC(=O)N2CCCC[C@@H]2CN2CCOCC2)c1. The minimum Gasteiger partial charge on any atom is -0.379 e. The Kier molecular flexibility index (Phi) is 5.68. The molecule has 0 spiro atoms. The van der Waals surface area contributed by atoms with Crippen molar-refractivity contribution in [1.82, 2.24) is 9.80 Å². The first kappa shape index (κ1) is 16.5. The lowest BCUT2D eigenvalue weighted by atomic mass is 9.99. The van der Waals surface area contributed by atoms with Gasteiger partial charge in [-0.3, -0.25) is 9.69 Å². The van der Waals surface area contributed by atoms with Crippen molar-refractivity contribution in [1.29, 1.82) is 0 Å². The van der Waals surface area contributed by atoms with E-state index < -0.39 is 0 Å². The van der Waals surface area contributed by atoms with E-state index in [1.807, 2.05) is 6.07 Å². The fourth-order valence-corrected chi connectivity index (χ4v) is 3.70. The summed E-state index contributed by atoms with van der Waals surface area (Å²) < 4.78 is 5.43. The normalized spacial score (nSPS) is 23.0. The Morgan fingerprint density at radius 2 is 2.04 bits per heavy atom. The number of aryl methyl sites for hydroxylation is 1. The second-order valence-corrected chi connectivity index (χ2v) is 6.82. The van der Waals surface area contributed by atoms with Crippen LogP contribution in [0.1, 0.15) is 30.4 Å². The van der Waals surface area contributed by atoms with Gasteiger partial charge in [0.2, 0.25) is 5.91 Å². The summed E-state index contributed by atoms with van der Waals surface area (Å²) in [6.07, 6.45) is 4.04. The summed E-state index contributed by atoms with van der Waals surface area (Å²) in [5.41, 5.74) is 2.35. The highest BCUT2D eigenvalue weighted by Gasteiger charge is 2.28. The average Bonchev–Trinajstić information content (AvgIpc) is 2.56. The molecule has 0 saturated carbocycles. The van der Waals surface area contributed by atoms with Crippen LogP contribution < -0.4 is 0 Å². The molecule has 1 amide bonds. The molecule has 2 aliphatic heterocycles. The molecule has 3 rings (SSSR count). The van der Waals surface area contributed by atoms with Gasteiger partial charge in [0.15, 0.2) is 0 Å². The smallest absolute Gasteiger partial charge is 0.227 e. The maximum Gasteiger partial charge on any atom is 0.227 e. The van der Waals surface area contributed by atoms with Crippen molar-refractivity contribution in [3.8, 4) is 0 Å². The van der Waals surface area contributed by atoms with Gasteiger partial charge in [-0.2, -0.15) is 0 Å². The number of rotatable bonds is 4. The Balaban J connectivity index is 1.61. The first-order valence-corrected chi connectivity index (χ1v) is 8.87. The van der Waals surface area contributed by atoms with Gasteiger partial charge in [-0.05, 0) is 31.7 Å². The van der Waals surface area contributed by atoms with Gasteiger partial charge in [0, 0.05) is 32.2 Å². The van der Waals surface area contributed by atoms with Crippen LogP contribution in [-0.4, -0.2) is 61.1 Å². The van der Waals surface area contributed by atoms with E-state index in [-0.39, 0.29) is 5.91 Å². The highest BCUT2D eigenvalue weighted by atomic mass is 16.5. The van der Waals surface area contributed by atoms with Crippen molar-refractivity contribution in [2.24, 2.45) is 0 Å². The zero-order valence-corrected chi connectivity index (χ0v) is 14.2. The lowest BCUT2D eigenvalue weighted by Crippen LogP contribution is -2.51. The lowest BCUT2D eigenvalue weighted by Gasteiger charge is -2.39. The molecule has 1 atom stereocenters. The molecule has 2 aliphatic rings. The van der Waals surface area contributed by atoms with Gasteiger partial charge in [-0.25, -0.2) is 0 Å². The molecule has 2 fully saturated rings. The van der Waals surface area contributed by atoms with Crippen molar-refractivity contribution >= 4 is 5.91 Å². The highest BCUT2D eigenvalue weighted by Crippen LogP contribution is 2.20. The van der Waals surface area contributed by atoms with Crippen molar-refractivity contribution in [3.63, 3.8) is 0 Å². The van der Waals surface area contributed by atoms with Crippen LogP contribution in [0.3, 0.4) is 0 Å². The predicted octanol–water partition coefficient (Wildman–Crippen LogP) is 2.25. The molecule has 4 nitrogen and oxygen atoms in total. The summed E-state index contributed by atoms with van der Waals surface area (Å²) in [5.74, 6) is 0.286. The van der Waals surface area contributed by atoms with Gasteiger partial charge in [-0.1, -0.05) is 29.8 Å². The third kappa shape index (κ3) is 4.55. The van der Waals surface area contributed by atoms with E-state index in [1.54, 1.807) is 0 Å². The third-order valence-corrected chi connectivity index (χ3v) is 4.96. The molecular weight excluding hydrogens is 288 g/mol. The lowest BCUT2D eigenvalue weighted by molar-refractivity contribution is -0.134. The van der Waals surface area contributed by atoms with Crippen LogP contribution in [0, 0.1) is 6.92 Å². The zero-order chi connectivity index (χ0) is 16.1. The highest BCUT2D eigenvalue weighted by molar-refractivity contribution is 5.79. The second-order valence-electron chi connectivity index (χ2n) is 6.82. The molecule has 0 aliphatic carbocycles. The van der Waals surface area contributed by atoms with Crippen LogP contribution in [0.2, 0.25) is 0 Å². The zero-order valence-electron chi connectivity index (χ0n) is 14.2. The number of hydrogen-bond acceptors (Lipinski definition) is 3. The van der Waals surface area contributed by atoms with Crippen LogP contribution in [0.4, 0.5) is 0 Å². The van der Waals surface area contributed by atoms with E-state index in [1.165, 1.54) is 12.0 Å². The standard InChI is InChI=1S/C19H28N2O2/c1-16-5-4-6-17(13-16)14-19(22)21-8-3-2-7-18(21)15-20-9-11-23-12-10-20/h4-6,13,18H,2-3,7-12,14-15H2,1H3/t18-/m1/s1. The Hall–Kier alpha value is -1.39. The van der Waals surface area contributed by atoms with E-state index in [4.69, 9.17) is 4.74 Å². The van der Waals surface area contributed by atoms with E-state index in [9.17, 15) is 4.79 Å². The van der Waals surface area contributed by atoms with E-state index in [0.717, 1.165) is 57.8 Å². The number of hydrogen-bond donors (Lipinski definition) is 0. The number of piperidine rings is 1. The Morgan fingerprint density at radius 1 is 1.22 bits per heavy atom. The number of amides is 1. The second kappa shape index (κ2) is 7.93. The summed E-state index contributed by atoms with van der Waals surface area (Å²) in [6.45, 7) is 7.64. The van der Waals surface area contributed by atoms with Crippen molar-refractivity contribution in [3.05, 3.63) is 35.4 Å². The maximum atomic E-state index is 12.8. The fraction of sp³-hybridized carbons (Fsp3) is 0.632. The molecule has 2 heterocycles. The summed E-state index contributed by atoms with van der Waals surface area (Å²) in [6, 6.07) is 8.68. The molecule has 0 radical (unpaired) electrons. The number of ether oxygens (including phenoxy) is 1. The van der Waals surface area contributed by atoms with Gasteiger partial charge < -0.3 is 9.64 Å². The third-order valence-electron chi connectivity index (χ3n) is 4.96. The fourth-order valence-electron chi connectivity index (χ4n) is 3.70. The minimum absolute atomic E-state index is 0.286. The molecule has 1 aromatic carbocycles. The number of morpholine rings is 1. The molecule has 126 valence electrons. The van der Waals surface area contributed by atoms with Crippen LogP contribution >= 0.6 is 0 Å². The van der Waals surface area contributed by atoms with E-state index in [2.05, 4.69) is 34.9 Å². The molecule has 0 bridgehead atoms. The number of benzene rings is 1. The molecule has 4 heteroatoms. The molecule has 0 aromatic heterocycles.